The van der Waals surface area contributed by atoms with Crippen molar-refractivity contribution in [3.8, 4) is 0 Å². The molecule has 6 nitrogen and oxygen atoms in total. The predicted octanol–water partition coefficient (Wildman–Crippen LogP) is 3.68. The second-order valence-corrected chi connectivity index (χ2v) is 8.58. The third-order valence-electron chi connectivity index (χ3n) is 5.11. The average Bonchev–Trinajstić information content (AvgIpc) is 3.10. The van der Waals surface area contributed by atoms with Gasteiger partial charge in [0.2, 0.25) is 5.89 Å². The summed E-state index contributed by atoms with van der Waals surface area (Å²) in [5, 5.41) is 6.72. The van der Waals surface area contributed by atoms with Crippen molar-refractivity contribution in [3.63, 3.8) is 0 Å². The highest BCUT2D eigenvalue weighted by atomic mass is 16.4. The molecule has 1 aromatic heterocycles. The molecule has 1 aliphatic rings. The molecule has 2 rings (SSSR count). The van der Waals surface area contributed by atoms with E-state index in [2.05, 4.69) is 60.1 Å². The minimum absolute atomic E-state index is 0.0242. The molecule has 1 atom stereocenters. The van der Waals surface area contributed by atoms with Crippen molar-refractivity contribution >= 4 is 5.96 Å². The number of unbranched alkanes of at least 4 members (excludes halogenated alkanes) is 1. The highest BCUT2D eigenvalue weighted by Gasteiger charge is 2.19. The van der Waals surface area contributed by atoms with Gasteiger partial charge in [0, 0.05) is 24.5 Å². The second kappa shape index (κ2) is 10.7. The number of likely N-dealkylation sites (tertiary alicyclic amines) is 1. The summed E-state index contributed by atoms with van der Waals surface area (Å²) in [5.41, 5.74) is -0.0242. The minimum atomic E-state index is -0.0242. The maximum atomic E-state index is 5.82. The van der Waals surface area contributed by atoms with Crippen molar-refractivity contribution in [2.75, 3.05) is 26.2 Å². The summed E-state index contributed by atoms with van der Waals surface area (Å²) in [5.74, 6) is 2.40. The van der Waals surface area contributed by atoms with Gasteiger partial charge >= 0.3 is 0 Å². The number of aliphatic imine (C=N–C) groups is 1. The highest BCUT2D eigenvalue weighted by Crippen LogP contribution is 2.22. The molecule has 154 valence electrons. The SMILES string of the molecule is CCNC(=NCc1ncc(C(C)(C)C)o1)NCCCCN1CCCCC1C. The van der Waals surface area contributed by atoms with E-state index in [0.29, 0.717) is 12.4 Å². The summed E-state index contributed by atoms with van der Waals surface area (Å²) >= 11 is 0. The molecule has 2 N–H and O–H groups in total. The van der Waals surface area contributed by atoms with Crippen molar-refractivity contribution in [3.05, 3.63) is 17.8 Å². The molecule has 1 saturated heterocycles. The number of rotatable bonds is 8. The predicted molar refractivity (Wildman–Crippen MR) is 112 cm³/mol. The van der Waals surface area contributed by atoms with Gasteiger partial charge in [-0.1, -0.05) is 27.2 Å². The van der Waals surface area contributed by atoms with Crippen LogP contribution in [0.15, 0.2) is 15.6 Å². The molecule has 6 heteroatoms. The molecule has 0 aromatic carbocycles. The second-order valence-electron chi connectivity index (χ2n) is 8.58. The van der Waals surface area contributed by atoms with Crippen LogP contribution in [-0.2, 0) is 12.0 Å². The highest BCUT2D eigenvalue weighted by molar-refractivity contribution is 5.79. The summed E-state index contributed by atoms with van der Waals surface area (Å²) in [4.78, 5) is 11.6. The minimum Gasteiger partial charge on any atom is -0.443 e. The van der Waals surface area contributed by atoms with E-state index in [1.165, 1.54) is 38.8 Å². The van der Waals surface area contributed by atoms with Gasteiger partial charge in [0.25, 0.3) is 0 Å². The largest absolute Gasteiger partial charge is 0.443 e. The number of piperidine rings is 1. The van der Waals surface area contributed by atoms with E-state index in [-0.39, 0.29) is 5.41 Å². The molecule has 0 radical (unpaired) electrons. The van der Waals surface area contributed by atoms with E-state index in [1.807, 2.05) is 6.20 Å². The van der Waals surface area contributed by atoms with Crippen LogP contribution in [0.4, 0.5) is 0 Å². The third-order valence-corrected chi connectivity index (χ3v) is 5.11. The zero-order valence-corrected chi connectivity index (χ0v) is 18.0. The number of guanidine groups is 1. The molecule has 1 fully saturated rings. The first-order valence-electron chi connectivity index (χ1n) is 10.6. The summed E-state index contributed by atoms with van der Waals surface area (Å²) in [6.07, 6.45) is 8.30. The standard InChI is InChI=1S/C21H39N5O/c1-6-22-20(25-16-19-24-15-18(27-19)21(3,4)5)23-12-8-10-14-26-13-9-7-11-17(26)2/h15,17H,6-14,16H2,1-5H3,(H2,22,23,25). The Balaban J connectivity index is 1.72. The van der Waals surface area contributed by atoms with Crippen LogP contribution >= 0.6 is 0 Å². The van der Waals surface area contributed by atoms with Gasteiger partial charge in [-0.05, 0) is 52.6 Å². The van der Waals surface area contributed by atoms with Gasteiger partial charge in [-0.2, -0.15) is 0 Å². The van der Waals surface area contributed by atoms with Gasteiger partial charge in [0.15, 0.2) is 5.96 Å². The van der Waals surface area contributed by atoms with Gasteiger partial charge in [-0.15, -0.1) is 0 Å². The van der Waals surface area contributed by atoms with Crippen molar-refractivity contribution < 1.29 is 4.42 Å². The molecule has 0 amide bonds. The van der Waals surface area contributed by atoms with Gasteiger partial charge in [-0.3, -0.25) is 0 Å². The van der Waals surface area contributed by atoms with Gasteiger partial charge in [0.1, 0.15) is 12.3 Å². The quantitative estimate of drug-likeness (QED) is 0.411. The summed E-state index contributed by atoms with van der Waals surface area (Å²) in [6.45, 7) is 15.5. The monoisotopic (exact) mass is 377 g/mol. The number of oxazole rings is 1. The van der Waals surface area contributed by atoms with Crippen LogP contribution in [0.3, 0.4) is 0 Å². The molecular formula is C21H39N5O. The number of hydrogen-bond donors (Lipinski definition) is 2. The lowest BCUT2D eigenvalue weighted by molar-refractivity contribution is 0.158. The van der Waals surface area contributed by atoms with Crippen molar-refractivity contribution in [1.29, 1.82) is 0 Å². The normalized spacial score (nSPS) is 19.3. The first-order valence-corrected chi connectivity index (χ1v) is 10.6. The average molecular weight is 378 g/mol. The first kappa shape index (κ1) is 21.7. The number of nitrogens with zero attached hydrogens (tertiary/aromatic N) is 3. The summed E-state index contributed by atoms with van der Waals surface area (Å²) < 4.78 is 5.82. The van der Waals surface area contributed by atoms with E-state index < -0.39 is 0 Å². The van der Waals surface area contributed by atoms with Crippen LogP contribution in [0.1, 0.15) is 78.4 Å². The maximum absolute atomic E-state index is 5.82. The lowest BCUT2D eigenvalue weighted by atomic mass is 9.94. The van der Waals surface area contributed by atoms with Gasteiger partial charge in [-0.25, -0.2) is 9.98 Å². The number of nitrogens with one attached hydrogen (secondary N) is 2. The molecular weight excluding hydrogens is 338 g/mol. The maximum Gasteiger partial charge on any atom is 0.216 e. The Labute approximate surface area is 165 Å². The van der Waals surface area contributed by atoms with Crippen LogP contribution in [0.5, 0.6) is 0 Å². The molecule has 2 heterocycles. The van der Waals surface area contributed by atoms with Crippen LogP contribution < -0.4 is 10.6 Å². The fourth-order valence-corrected chi connectivity index (χ4v) is 3.36. The van der Waals surface area contributed by atoms with Crippen molar-refractivity contribution in [2.24, 2.45) is 4.99 Å². The van der Waals surface area contributed by atoms with Crippen LogP contribution in [0.2, 0.25) is 0 Å². The Bertz CT molecular complexity index is 575. The van der Waals surface area contributed by atoms with Gasteiger partial charge < -0.3 is 20.0 Å². The smallest absolute Gasteiger partial charge is 0.216 e. The topological polar surface area (TPSA) is 65.7 Å². The first-order chi connectivity index (χ1) is 12.9. The zero-order valence-electron chi connectivity index (χ0n) is 18.0. The Kier molecular flexibility index (Phi) is 8.61. The lowest BCUT2D eigenvalue weighted by Crippen LogP contribution is -2.39. The molecule has 0 bridgehead atoms. The molecule has 0 spiro atoms. The van der Waals surface area contributed by atoms with E-state index >= 15 is 0 Å². The van der Waals surface area contributed by atoms with E-state index in [9.17, 15) is 0 Å². The van der Waals surface area contributed by atoms with E-state index in [4.69, 9.17) is 4.42 Å². The van der Waals surface area contributed by atoms with Crippen molar-refractivity contribution in [2.45, 2.75) is 84.7 Å². The lowest BCUT2D eigenvalue weighted by Gasteiger charge is -2.33. The Morgan fingerprint density at radius 3 is 2.78 bits per heavy atom. The van der Waals surface area contributed by atoms with Gasteiger partial charge in [0.05, 0.1) is 6.20 Å². The summed E-state index contributed by atoms with van der Waals surface area (Å²) in [7, 11) is 0. The Morgan fingerprint density at radius 2 is 2.11 bits per heavy atom. The fourth-order valence-electron chi connectivity index (χ4n) is 3.36. The molecule has 0 saturated carbocycles. The van der Waals surface area contributed by atoms with E-state index in [1.54, 1.807) is 0 Å². The molecule has 0 aliphatic carbocycles. The molecule has 1 aliphatic heterocycles. The summed E-state index contributed by atoms with van der Waals surface area (Å²) in [6, 6.07) is 0.754. The van der Waals surface area contributed by atoms with Crippen molar-refractivity contribution in [1.82, 2.24) is 20.5 Å². The number of aromatic nitrogens is 1. The van der Waals surface area contributed by atoms with Crippen LogP contribution in [0, 0.1) is 0 Å². The molecule has 27 heavy (non-hydrogen) atoms. The van der Waals surface area contributed by atoms with Crippen LogP contribution in [-0.4, -0.2) is 48.1 Å². The third kappa shape index (κ3) is 7.53. The fraction of sp³-hybridized carbons (Fsp3) is 0.810. The molecule has 1 aromatic rings. The van der Waals surface area contributed by atoms with E-state index in [0.717, 1.165) is 37.3 Å². The molecule has 1 unspecified atom stereocenters. The zero-order chi connectivity index (χ0) is 19.7. The Morgan fingerprint density at radius 1 is 1.30 bits per heavy atom. The van der Waals surface area contributed by atoms with Crippen LogP contribution in [0.25, 0.3) is 0 Å². The Hall–Kier alpha value is -1.56. The number of hydrogen-bond acceptors (Lipinski definition) is 4.